The highest BCUT2D eigenvalue weighted by atomic mass is 79.9. The van der Waals surface area contributed by atoms with Crippen LogP contribution in [-0.2, 0) is 15.6 Å². The largest absolute Gasteiger partial charge is 0.399 e. The van der Waals surface area contributed by atoms with Gasteiger partial charge in [0.25, 0.3) is 0 Å². The summed E-state index contributed by atoms with van der Waals surface area (Å²) in [6.07, 6.45) is 0. The second-order valence-corrected chi connectivity index (χ2v) is 7.01. The van der Waals surface area contributed by atoms with Gasteiger partial charge in [0.05, 0.1) is 10.6 Å². The van der Waals surface area contributed by atoms with E-state index in [2.05, 4.69) is 15.9 Å². The summed E-state index contributed by atoms with van der Waals surface area (Å²) in [5.74, 6) is -0.645. The number of nitrogen functional groups attached to an aromatic ring is 1. The van der Waals surface area contributed by atoms with Crippen molar-refractivity contribution in [3.63, 3.8) is 0 Å². The zero-order valence-electron chi connectivity index (χ0n) is 9.81. The molecule has 3 nitrogen and oxygen atoms in total. The number of benzene rings is 2. The molecule has 0 amide bonds. The summed E-state index contributed by atoms with van der Waals surface area (Å²) in [6.45, 7) is 0. The number of anilines is 1. The fourth-order valence-corrected chi connectivity index (χ4v) is 3.58. The maximum Gasteiger partial charge on any atom is 0.182 e. The summed E-state index contributed by atoms with van der Waals surface area (Å²) in [5.41, 5.74) is 6.73. The van der Waals surface area contributed by atoms with Gasteiger partial charge in [0.15, 0.2) is 9.84 Å². The minimum absolute atomic E-state index is 0.0902. The molecule has 0 aromatic heterocycles. The highest BCUT2D eigenvalue weighted by Gasteiger charge is 2.15. The first-order chi connectivity index (χ1) is 8.87. The molecule has 0 aliphatic rings. The third kappa shape index (κ3) is 3.54. The summed E-state index contributed by atoms with van der Waals surface area (Å²) in [5, 5.41) is 0. The van der Waals surface area contributed by atoms with Crippen LogP contribution >= 0.6 is 15.9 Å². The van der Waals surface area contributed by atoms with Crippen LogP contribution in [-0.4, -0.2) is 8.42 Å². The third-order valence-corrected chi connectivity index (χ3v) is 4.67. The maximum absolute atomic E-state index is 12.8. The Morgan fingerprint density at radius 1 is 1.11 bits per heavy atom. The first-order valence-electron chi connectivity index (χ1n) is 5.40. The molecule has 0 aliphatic carbocycles. The number of rotatable bonds is 3. The van der Waals surface area contributed by atoms with Crippen molar-refractivity contribution in [3.8, 4) is 0 Å². The number of sulfone groups is 1. The van der Waals surface area contributed by atoms with Crippen LogP contribution in [0.25, 0.3) is 0 Å². The third-order valence-electron chi connectivity index (χ3n) is 2.51. The van der Waals surface area contributed by atoms with Gasteiger partial charge in [0.1, 0.15) is 5.82 Å². The molecule has 6 heteroatoms. The predicted octanol–water partition coefficient (Wildman–Crippen LogP) is 3.14. The molecule has 100 valence electrons. The lowest BCUT2D eigenvalue weighted by atomic mass is 10.2. The van der Waals surface area contributed by atoms with Crippen LogP contribution in [0.2, 0.25) is 0 Å². The van der Waals surface area contributed by atoms with E-state index in [1.807, 2.05) is 0 Å². The van der Waals surface area contributed by atoms with E-state index in [0.717, 1.165) is 16.6 Å². The summed E-state index contributed by atoms with van der Waals surface area (Å²) in [6, 6.07) is 9.75. The van der Waals surface area contributed by atoms with Gasteiger partial charge in [0.2, 0.25) is 0 Å². The molecule has 0 saturated heterocycles. The van der Waals surface area contributed by atoms with E-state index >= 15 is 0 Å². The van der Waals surface area contributed by atoms with Crippen molar-refractivity contribution in [2.45, 2.75) is 10.6 Å². The first kappa shape index (κ1) is 14.0. The van der Waals surface area contributed by atoms with Crippen LogP contribution in [0.5, 0.6) is 0 Å². The van der Waals surface area contributed by atoms with Gasteiger partial charge in [-0.15, -0.1) is 0 Å². The minimum Gasteiger partial charge on any atom is -0.399 e. The number of nitrogens with two attached hydrogens (primary N) is 1. The van der Waals surface area contributed by atoms with Gasteiger partial charge in [-0.05, 0) is 48.0 Å². The van der Waals surface area contributed by atoms with Gasteiger partial charge in [-0.25, -0.2) is 12.8 Å². The van der Waals surface area contributed by atoms with Gasteiger partial charge in [-0.3, -0.25) is 0 Å². The van der Waals surface area contributed by atoms with Crippen molar-refractivity contribution in [2.24, 2.45) is 0 Å². The molecule has 0 aliphatic heterocycles. The molecule has 2 rings (SSSR count). The summed E-state index contributed by atoms with van der Waals surface area (Å²) >= 11 is 3.26. The Labute approximate surface area is 119 Å². The van der Waals surface area contributed by atoms with E-state index < -0.39 is 15.7 Å². The molecule has 19 heavy (non-hydrogen) atoms. The SMILES string of the molecule is Nc1cc(Br)cc(CS(=O)(=O)c2ccc(F)cc2)c1. The van der Waals surface area contributed by atoms with E-state index in [1.165, 1.54) is 12.1 Å². The molecule has 0 unspecified atom stereocenters. The molecule has 0 saturated carbocycles. The Morgan fingerprint density at radius 3 is 2.32 bits per heavy atom. The molecule has 2 aromatic rings. The Balaban J connectivity index is 2.33. The molecule has 0 heterocycles. The molecule has 0 atom stereocenters. The predicted molar refractivity (Wildman–Crippen MR) is 75.8 cm³/mol. The quantitative estimate of drug-likeness (QED) is 0.687. The van der Waals surface area contributed by atoms with Gasteiger partial charge in [-0.1, -0.05) is 15.9 Å². The summed E-state index contributed by atoms with van der Waals surface area (Å²) < 4.78 is 37.8. The highest BCUT2D eigenvalue weighted by Crippen LogP contribution is 2.22. The second-order valence-electron chi connectivity index (χ2n) is 4.11. The summed E-state index contributed by atoms with van der Waals surface area (Å²) in [4.78, 5) is 0.0902. The van der Waals surface area contributed by atoms with Crippen LogP contribution in [0.4, 0.5) is 10.1 Å². The smallest absolute Gasteiger partial charge is 0.182 e. The molecule has 2 N–H and O–H groups in total. The molecular formula is C13H11BrFNO2S. The van der Waals surface area contributed by atoms with E-state index in [1.54, 1.807) is 18.2 Å². The minimum atomic E-state index is -3.51. The monoisotopic (exact) mass is 343 g/mol. The first-order valence-corrected chi connectivity index (χ1v) is 7.85. The van der Waals surface area contributed by atoms with Gasteiger partial charge < -0.3 is 5.73 Å². The van der Waals surface area contributed by atoms with Crippen molar-refractivity contribution in [1.29, 1.82) is 0 Å². The molecule has 0 bridgehead atoms. The standard InChI is InChI=1S/C13H11BrFNO2S/c14-10-5-9(6-12(16)7-10)8-19(17,18)13-3-1-11(15)2-4-13/h1-7H,8,16H2. The molecular weight excluding hydrogens is 333 g/mol. The van der Waals surface area contributed by atoms with Gasteiger partial charge in [0, 0.05) is 10.2 Å². The van der Waals surface area contributed by atoms with Gasteiger partial charge >= 0.3 is 0 Å². The van der Waals surface area contributed by atoms with E-state index in [9.17, 15) is 12.8 Å². The van der Waals surface area contributed by atoms with Crippen molar-refractivity contribution in [1.82, 2.24) is 0 Å². The van der Waals surface area contributed by atoms with Crippen molar-refractivity contribution in [3.05, 3.63) is 58.3 Å². The fraction of sp³-hybridized carbons (Fsp3) is 0.0769. The van der Waals surface area contributed by atoms with E-state index in [0.29, 0.717) is 11.3 Å². The van der Waals surface area contributed by atoms with Crippen molar-refractivity contribution < 1.29 is 12.8 Å². The lowest BCUT2D eigenvalue weighted by molar-refractivity contribution is 0.594. The Bertz CT molecular complexity index is 679. The Morgan fingerprint density at radius 2 is 1.74 bits per heavy atom. The summed E-state index contributed by atoms with van der Waals surface area (Å²) in [7, 11) is -3.51. The van der Waals surface area contributed by atoms with Gasteiger partial charge in [-0.2, -0.15) is 0 Å². The molecule has 0 fully saturated rings. The number of hydrogen-bond donors (Lipinski definition) is 1. The Kier molecular flexibility index (Phi) is 3.91. The number of halogens is 2. The lowest BCUT2D eigenvalue weighted by Crippen LogP contribution is -2.05. The second kappa shape index (κ2) is 5.30. The highest BCUT2D eigenvalue weighted by molar-refractivity contribution is 9.10. The Hall–Kier alpha value is -1.40. The zero-order chi connectivity index (χ0) is 14.0. The topological polar surface area (TPSA) is 60.2 Å². The fourth-order valence-electron chi connectivity index (χ4n) is 1.70. The normalized spacial score (nSPS) is 11.5. The average molecular weight is 344 g/mol. The van der Waals surface area contributed by atoms with Crippen molar-refractivity contribution >= 4 is 31.5 Å². The zero-order valence-corrected chi connectivity index (χ0v) is 12.2. The van der Waals surface area contributed by atoms with Crippen LogP contribution < -0.4 is 5.73 Å². The van der Waals surface area contributed by atoms with Crippen LogP contribution in [0.1, 0.15) is 5.56 Å². The van der Waals surface area contributed by atoms with E-state index in [4.69, 9.17) is 5.73 Å². The van der Waals surface area contributed by atoms with Crippen LogP contribution in [0.15, 0.2) is 51.8 Å². The lowest BCUT2D eigenvalue weighted by Gasteiger charge is -2.06. The molecule has 0 radical (unpaired) electrons. The van der Waals surface area contributed by atoms with Crippen molar-refractivity contribution in [2.75, 3.05) is 5.73 Å². The molecule has 0 spiro atoms. The number of hydrogen-bond acceptors (Lipinski definition) is 3. The molecule has 2 aromatic carbocycles. The van der Waals surface area contributed by atoms with Crippen LogP contribution in [0.3, 0.4) is 0 Å². The maximum atomic E-state index is 12.8. The average Bonchev–Trinajstić information content (AvgIpc) is 2.27. The van der Waals surface area contributed by atoms with Crippen LogP contribution in [0, 0.1) is 5.82 Å². The van der Waals surface area contributed by atoms with E-state index in [-0.39, 0.29) is 10.6 Å².